The van der Waals surface area contributed by atoms with Gasteiger partial charge < -0.3 is 19.9 Å². The number of hydrazine groups is 1. The Hall–Kier alpha value is -4.53. The lowest BCUT2D eigenvalue weighted by Crippen LogP contribution is -2.67. The molecule has 2 atom stereocenters. The normalized spacial score (nSPS) is 16.7. The lowest BCUT2D eigenvalue weighted by atomic mass is 9.92. The standard InChI is InChI=1S/C26H25N3O6/c1-3-34-22-15-18(27-16(2)30)11-14-21(22)25(32)28-29-23(17-9-12-19(31)13-10-17)24(26(29)33)35-20-7-5-4-6-8-20/h4-15,23-24,31H,3H2,1-2H3,(H,27,30)(H,28,32)/t23-,24-/m1/s1. The van der Waals surface area contributed by atoms with Crippen LogP contribution in [0.3, 0.4) is 0 Å². The highest BCUT2D eigenvalue weighted by Crippen LogP contribution is 2.37. The lowest BCUT2D eigenvalue weighted by Gasteiger charge is -2.46. The number of para-hydroxylation sites is 1. The first-order chi connectivity index (χ1) is 16.9. The molecule has 3 aromatic carbocycles. The highest BCUT2D eigenvalue weighted by molar-refractivity contribution is 6.00. The van der Waals surface area contributed by atoms with Crippen molar-refractivity contribution in [2.24, 2.45) is 0 Å². The molecule has 1 fully saturated rings. The minimum Gasteiger partial charge on any atom is -0.508 e. The first-order valence-electron chi connectivity index (χ1n) is 11.1. The molecule has 9 heteroatoms. The third-order valence-corrected chi connectivity index (χ3v) is 5.36. The van der Waals surface area contributed by atoms with Crippen LogP contribution in [0.15, 0.2) is 72.8 Å². The van der Waals surface area contributed by atoms with E-state index in [0.717, 1.165) is 0 Å². The van der Waals surface area contributed by atoms with E-state index in [0.29, 0.717) is 23.6 Å². The largest absolute Gasteiger partial charge is 0.508 e. The molecule has 0 aromatic heterocycles. The molecule has 0 unspecified atom stereocenters. The summed E-state index contributed by atoms with van der Waals surface area (Å²) in [6, 6.07) is 19.3. The highest BCUT2D eigenvalue weighted by atomic mass is 16.5. The lowest BCUT2D eigenvalue weighted by molar-refractivity contribution is -0.169. The van der Waals surface area contributed by atoms with E-state index >= 15 is 0 Å². The quantitative estimate of drug-likeness (QED) is 0.430. The number of carbonyl (C=O) groups excluding carboxylic acids is 3. The molecule has 3 aromatic rings. The van der Waals surface area contributed by atoms with Crippen LogP contribution >= 0.6 is 0 Å². The molecular weight excluding hydrogens is 450 g/mol. The van der Waals surface area contributed by atoms with Crippen molar-refractivity contribution in [1.82, 2.24) is 10.4 Å². The second-order valence-corrected chi connectivity index (χ2v) is 7.86. The van der Waals surface area contributed by atoms with Crippen LogP contribution in [-0.4, -0.2) is 40.5 Å². The van der Waals surface area contributed by atoms with Crippen molar-refractivity contribution >= 4 is 23.4 Å². The van der Waals surface area contributed by atoms with Gasteiger partial charge in [-0.3, -0.25) is 19.8 Å². The van der Waals surface area contributed by atoms with Gasteiger partial charge in [-0.1, -0.05) is 30.3 Å². The zero-order valence-corrected chi connectivity index (χ0v) is 19.2. The van der Waals surface area contributed by atoms with Gasteiger partial charge in [0.1, 0.15) is 23.3 Å². The monoisotopic (exact) mass is 475 g/mol. The Morgan fingerprint density at radius 2 is 1.74 bits per heavy atom. The number of ether oxygens (including phenoxy) is 2. The van der Waals surface area contributed by atoms with Crippen molar-refractivity contribution in [2.45, 2.75) is 26.0 Å². The summed E-state index contributed by atoms with van der Waals surface area (Å²) in [6.07, 6.45) is -0.865. The summed E-state index contributed by atoms with van der Waals surface area (Å²) in [7, 11) is 0. The van der Waals surface area contributed by atoms with Gasteiger partial charge in [0.25, 0.3) is 11.8 Å². The van der Waals surface area contributed by atoms with Crippen molar-refractivity contribution in [3.63, 3.8) is 0 Å². The number of hydrogen-bond acceptors (Lipinski definition) is 6. The summed E-state index contributed by atoms with van der Waals surface area (Å²) in [5.41, 5.74) is 4.01. The summed E-state index contributed by atoms with van der Waals surface area (Å²) in [5.74, 6) is -0.366. The van der Waals surface area contributed by atoms with Crippen LogP contribution in [0.2, 0.25) is 0 Å². The van der Waals surface area contributed by atoms with Crippen LogP contribution < -0.4 is 20.2 Å². The maximum absolute atomic E-state index is 13.2. The van der Waals surface area contributed by atoms with E-state index in [2.05, 4.69) is 10.7 Å². The maximum Gasteiger partial charge on any atom is 0.285 e. The number of phenolic OH excluding ortho intramolecular Hbond substituents is 1. The molecule has 1 saturated heterocycles. The molecule has 3 N–H and O–H groups in total. The summed E-state index contributed by atoms with van der Waals surface area (Å²) >= 11 is 0. The van der Waals surface area contributed by atoms with Crippen LogP contribution in [0.5, 0.6) is 17.2 Å². The molecular formula is C26H25N3O6. The number of amides is 3. The van der Waals surface area contributed by atoms with Crippen LogP contribution in [0.4, 0.5) is 5.69 Å². The number of rotatable bonds is 8. The van der Waals surface area contributed by atoms with Crippen LogP contribution in [-0.2, 0) is 9.59 Å². The number of hydrogen-bond donors (Lipinski definition) is 3. The van der Waals surface area contributed by atoms with Crippen LogP contribution in [0.1, 0.15) is 35.8 Å². The molecule has 9 nitrogen and oxygen atoms in total. The van der Waals surface area contributed by atoms with Crippen LogP contribution in [0.25, 0.3) is 0 Å². The van der Waals surface area contributed by atoms with Gasteiger partial charge in [0.2, 0.25) is 12.0 Å². The number of anilines is 1. The number of nitrogens with zero attached hydrogens (tertiary/aromatic N) is 1. The number of phenols is 1. The number of nitrogens with one attached hydrogen (secondary N) is 2. The van der Waals surface area contributed by atoms with Crippen LogP contribution in [0, 0.1) is 0 Å². The number of carbonyl (C=O) groups is 3. The first kappa shape index (κ1) is 23.6. The van der Waals surface area contributed by atoms with E-state index in [1.54, 1.807) is 55.5 Å². The van der Waals surface area contributed by atoms with Crippen molar-refractivity contribution in [3.05, 3.63) is 83.9 Å². The number of β-lactam (4-membered cyclic amide) rings is 1. The summed E-state index contributed by atoms with van der Waals surface area (Å²) in [4.78, 5) is 37.6. The smallest absolute Gasteiger partial charge is 0.285 e. The van der Waals surface area contributed by atoms with Gasteiger partial charge in [0.15, 0.2) is 0 Å². The number of aromatic hydroxyl groups is 1. The molecule has 0 bridgehead atoms. The third-order valence-electron chi connectivity index (χ3n) is 5.36. The average Bonchev–Trinajstić information content (AvgIpc) is 2.84. The molecule has 3 amide bonds. The Morgan fingerprint density at radius 3 is 2.40 bits per heavy atom. The fourth-order valence-electron chi connectivity index (χ4n) is 3.78. The number of benzene rings is 3. The first-order valence-corrected chi connectivity index (χ1v) is 11.1. The molecule has 0 radical (unpaired) electrons. The highest BCUT2D eigenvalue weighted by Gasteiger charge is 2.51. The second-order valence-electron chi connectivity index (χ2n) is 7.86. The Balaban J connectivity index is 1.59. The van der Waals surface area contributed by atoms with Gasteiger partial charge >= 0.3 is 0 Å². The van der Waals surface area contributed by atoms with E-state index in [-0.39, 0.29) is 23.0 Å². The Bertz CT molecular complexity index is 1230. The van der Waals surface area contributed by atoms with Crippen molar-refractivity contribution in [3.8, 4) is 17.2 Å². The molecule has 0 aliphatic carbocycles. The Kier molecular flexibility index (Phi) is 6.86. The molecule has 1 heterocycles. The van der Waals surface area contributed by atoms with Crippen molar-refractivity contribution < 1.29 is 29.0 Å². The van der Waals surface area contributed by atoms with Gasteiger partial charge in [-0.05, 0) is 48.9 Å². The average molecular weight is 476 g/mol. The van der Waals surface area contributed by atoms with Gasteiger partial charge in [-0.25, -0.2) is 5.01 Å². The molecule has 0 saturated carbocycles. The van der Waals surface area contributed by atoms with E-state index < -0.39 is 24.0 Å². The van der Waals surface area contributed by atoms with Gasteiger partial charge in [0, 0.05) is 18.7 Å². The van der Waals surface area contributed by atoms with E-state index in [9.17, 15) is 19.5 Å². The van der Waals surface area contributed by atoms with Crippen molar-refractivity contribution in [1.29, 1.82) is 0 Å². The molecule has 4 rings (SSSR count). The molecule has 35 heavy (non-hydrogen) atoms. The Labute approximate surface area is 202 Å². The molecule has 0 spiro atoms. The summed E-state index contributed by atoms with van der Waals surface area (Å²) in [5, 5.41) is 13.5. The minimum absolute atomic E-state index is 0.0797. The summed E-state index contributed by atoms with van der Waals surface area (Å²) in [6.45, 7) is 3.46. The molecule has 1 aliphatic heterocycles. The van der Waals surface area contributed by atoms with Crippen molar-refractivity contribution in [2.75, 3.05) is 11.9 Å². The van der Waals surface area contributed by atoms with E-state index in [1.807, 2.05) is 6.07 Å². The second kappa shape index (κ2) is 10.2. The van der Waals surface area contributed by atoms with Gasteiger partial charge in [-0.2, -0.15) is 0 Å². The molecule has 1 aliphatic rings. The predicted molar refractivity (Wildman–Crippen MR) is 128 cm³/mol. The zero-order valence-electron chi connectivity index (χ0n) is 19.2. The van der Waals surface area contributed by atoms with E-state index in [1.165, 1.54) is 30.1 Å². The fourth-order valence-corrected chi connectivity index (χ4v) is 3.78. The SMILES string of the molecule is CCOc1cc(NC(C)=O)ccc1C(=O)NN1C(=O)[C@H](Oc2ccccc2)[C@H]1c1ccc(O)cc1. The van der Waals surface area contributed by atoms with Gasteiger partial charge in [0.05, 0.1) is 12.2 Å². The van der Waals surface area contributed by atoms with E-state index in [4.69, 9.17) is 9.47 Å². The summed E-state index contributed by atoms with van der Waals surface area (Å²) < 4.78 is 11.5. The third kappa shape index (κ3) is 5.19. The Morgan fingerprint density at radius 1 is 1.03 bits per heavy atom. The van der Waals surface area contributed by atoms with Gasteiger partial charge in [-0.15, -0.1) is 0 Å². The predicted octanol–water partition coefficient (Wildman–Crippen LogP) is 3.43. The fraction of sp³-hybridized carbons (Fsp3) is 0.192. The maximum atomic E-state index is 13.2. The molecule has 180 valence electrons. The topological polar surface area (TPSA) is 117 Å². The minimum atomic E-state index is -0.865. The zero-order chi connectivity index (χ0) is 24.9.